The second-order valence-corrected chi connectivity index (χ2v) is 5.52. The number of anilines is 1. The van der Waals surface area contributed by atoms with E-state index in [0.717, 1.165) is 16.8 Å². The summed E-state index contributed by atoms with van der Waals surface area (Å²) in [6, 6.07) is 9.24. The molecule has 0 aliphatic heterocycles. The minimum absolute atomic E-state index is 0.0175. The SMILES string of the molecule is CC(=O)c1ccc(C(=O)Nc2c(C)cccc2C)s1. The average molecular weight is 273 g/mol. The number of ketones is 1. The molecule has 4 heteroatoms. The largest absolute Gasteiger partial charge is 0.321 e. The Balaban J connectivity index is 2.23. The maximum atomic E-state index is 12.1. The zero-order chi connectivity index (χ0) is 14.0. The van der Waals surface area contributed by atoms with Crippen molar-refractivity contribution in [2.24, 2.45) is 0 Å². The molecule has 1 heterocycles. The van der Waals surface area contributed by atoms with E-state index in [4.69, 9.17) is 0 Å². The lowest BCUT2D eigenvalue weighted by Gasteiger charge is -2.10. The molecule has 3 nitrogen and oxygen atoms in total. The van der Waals surface area contributed by atoms with Gasteiger partial charge in [0, 0.05) is 5.69 Å². The van der Waals surface area contributed by atoms with Crippen molar-refractivity contribution in [3.05, 3.63) is 51.2 Å². The van der Waals surface area contributed by atoms with Crippen LogP contribution in [0.2, 0.25) is 0 Å². The van der Waals surface area contributed by atoms with Crippen molar-refractivity contribution in [1.82, 2.24) is 0 Å². The van der Waals surface area contributed by atoms with Crippen LogP contribution in [0.3, 0.4) is 0 Å². The molecule has 0 radical (unpaired) electrons. The van der Waals surface area contributed by atoms with Gasteiger partial charge in [-0.1, -0.05) is 18.2 Å². The highest BCUT2D eigenvalue weighted by Gasteiger charge is 2.13. The number of amides is 1. The number of thiophene rings is 1. The Labute approximate surface area is 116 Å². The van der Waals surface area contributed by atoms with Gasteiger partial charge >= 0.3 is 0 Å². The molecule has 1 amide bonds. The van der Waals surface area contributed by atoms with E-state index < -0.39 is 0 Å². The molecule has 1 aromatic carbocycles. The number of Topliss-reactive ketones (excluding diaryl/α,β-unsaturated/α-hetero) is 1. The van der Waals surface area contributed by atoms with E-state index in [0.29, 0.717) is 9.75 Å². The minimum Gasteiger partial charge on any atom is -0.321 e. The van der Waals surface area contributed by atoms with Gasteiger partial charge in [0.2, 0.25) is 0 Å². The van der Waals surface area contributed by atoms with Crippen LogP contribution in [-0.4, -0.2) is 11.7 Å². The fraction of sp³-hybridized carbons (Fsp3) is 0.200. The van der Waals surface area contributed by atoms with Crippen LogP contribution in [0.4, 0.5) is 5.69 Å². The number of nitrogens with one attached hydrogen (secondary N) is 1. The highest BCUT2D eigenvalue weighted by Crippen LogP contribution is 2.22. The van der Waals surface area contributed by atoms with E-state index in [2.05, 4.69) is 5.32 Å². The number of benzene rings is 1. The van der Waals surface area contributed by atoms with Crippen LogP contribution in [0.15, 0.2) is 30.3 Å². The van der Waals surface area contributed by atoms with Crippen molar-refractivity contribution >= 4 is 28.7 Å². The second-order valence-electron chi connectivity index (χ2n) is 4.44. The smallest absolute Gasteiger partial charge is 0.265 e. The van der Waals surface area contributed by atoms with Gasteiger partial charge in [-0.25, -0.2) is 0 Å². The Bertz CT molecular complexity index is 623. The maximum Gasteiger partial charge on any atom is 0.265 e. The van der Waals surface area contributed by atoms with Crippen LogP contribution < -0.4 is 5.32 Å². The molecule has 0 spiro atoms. The van der Waals surface area contributed by atoms with Gasteiger partial charge in [-0.05, 0) is 44.0 Å². The fourth-order valence-electron chi connectivity index (χ4n) is 1.84. The summed E-state index contributed by atoms with van der Waals surface area (Å²) in [5, 5.41) is 2.91. The zero-order valence-corrected chi connectivity index (χ0v) is 11.9. The van der Waals surface area contributed by atoms with Crippen molar-refractivity contribution in [3.8, 4) is 0 Å². The van der Waals surface area contributed by atoms with Crippen LogP contribution in [0.5, 0.6) is 0 Å². The highest BCUT2D eigenvalue weighted by molar-refractivity contribution is 7.16. The first-order valence-corrected chi connectivity index (χ1v) is 6.79. The number of aryl methyl sites for hydroxylation is 2. The molecule has 0 unspecified atom stereocenters. The third-order valence-electron chi connectivity index (χ3n) is 2.90. The summed E-state index contributed by atoms with van der Waals surface area (Å²) in [5.74, 6) is -0.189. The van der Waals surface area contributed by atoms with Crippen molar-refractivity contribution in [1.29, 1.82) is 0 Å². The van der Waals surface area contributed by atoms with Gasteiger partial charge in [-0.15, -0.1) is 11.3 Å². The summed E-state index contributed by atoms with van der Waals surface area (Å²) in [4.78, 5) is 24.5. The summed E-state index contributed by atoms with van der Waals surface area (Å²) in [5.41, 5.74) is 2.89. The number of hydrogen-bond donors (Lipinski definition) is 1. The number of hydrogen-bond acceptors (Lipinski definition) is 3. The predicted molar refractivity (Wildman–Crippen MR) is 78.2 cm³/mol. The number of rotatable bonds is 3. The van der Waals surface area contributed by atoms with Gasteiger partial charge in [-0.2, -0.15) is 0 Å². The van der Waals surface area contributed by atoms with Gasteiger partial charge in [0.1, 0.15) is 0 Å². The summed E-state index contributed by atoms with van der Waals surface area (Å²) in [6.45, 7) is 5.41. The van der Waals surface area contributed by atoms with Crippen LogP contribution in [0.1, 0.15) is 37.4 Å². The number of para-hydroxylation sites is 1. The summed E-state index contributed by atoms with van der Waals surface area (Å²) >= 11 is 1.22. The average Bonchev–Trinajstić information content (AvgIpc) is 2.83. The standard InChI is InChI=1S/C15H15NO2S/c1-9-5-4-6-10(2)14(9)16-15(18)13-8-7-12(19-13)11(3)17/h4-8H,1-3H3,(H,16,18). The van der Waals surface area contributed by atoms with Crippen LogP contribution in [-0.2, 0) is 0 Å². The molecule has 2 aromatic rings. The van der Waals surface area contributed by atoms with E-state index >= 15 is 0 Å². The third-order valence-corrected chi connectivity index (χ3v) is 4.08. The molecule has 0 aliphatic rings. The summed E-state index contributed by atoms with van der Waals surface area (Å²) in [7, 11) is 0. The first-order chi connectivity index (χ1) is 8.99. The Morgan fingerprint density at radius 1 is 1.00 bits per heavy atom. The van der Waals surface area contributed by atoms with Crippen molar-refractivity contribution < 1.29 is 9.59 Å². The predicted octanol–water partition coefficient (Wildman–Crippen LogP) is 3.82. The quantitative estimate of drug-likeness (QED) is 0.864. The molecule has 1 aromatic heterocycles. The van der Waals surface area contributed by atoms with Gasteiger partial charge in [0.15, 0.2) is 5.78 Å². The number of carbonyl (C=O) groups is 2. The third kappa shape index (κ3) is 2.90. The molecule has 0 atom stereocenters. The molecular weight excluding hydrogens is 258 g/mol. The maximum absolute atomic E-state index is 12.1. The molecule has 98 valence electrons. The molecule has 0 bridgehead atoms. The normalized spacial score (nSPS) is 10.3. The number of carbonyl (C=O) groups excluding carboxylic acids is 2. The Kier molecular flexibility index (Phi) is 3.81. The first kappa shape index (κ1) is 13.5. The van der Waals surface area contributed by atoms with Gasteiger partial charge in [0.25, 0.3) is 5.91 Å². The first-order valence-electron chi connectivity index (χ1n) is 5.97. The molecule has 1 N–H and O–H groups in total. The molecule has 0 saturated carbocycles. The monoisotopic (exact) mass is 273 g/mol. The van der Waals surface area contributed by atoms with Gasteiger partial charge in [0.05, 0.1) is 9.75 Å². The Morgan fingerprint density at radius 2 is 1.58 bits per heavy atom. The van der Waals surface area contributed by atoms with E-state index in [1.54, 1.807) is 12.1 Å². The lowest BCUT2D eigenvalue weighted by Crippen LogP contribution is -2.12. The fourth-order valence-corrected chi connectivity index (χ4v) is 2.63. The zero-order valence-electron chi connectivity index (χ0n) is 11.1. The molecular formula is C15H15NO2S. The summed E-state index contributed by atoms with van der Waals surface area (Å²) < 4.78 is 0. The van der Waals surface area contributed by atoms with Crippen molar-refractivity contribution in [2.45, 2.75) is 20.8 Å². The molecule has 0 saturated heterocycles. The highest BCUT2D eigenvalue weighted by atomic mass is 32.1. The summed E-state index contributed by atoms with van der Waals surface area (Å²) in [6.07, 6.45) is 0. The Morgan fingerprint density at radius 3 is 2.11 bits per heavy atom. The molecule has 0 fully saturated rings. The lowest BCUT2D eigenvalue weighted by molar-refractivity contribution is 0.101. The minimum atomic E-state index is -0.171. The van der Waals surface area contributed by atoms with Crippen molar-refractivity contribution in [2.75, 3.05) is 5.32 Å². The van der Waals surface area contributed by atoms with Crippen LogP contribution >= 0.6 is 11.3 Å². The van der Waals surface area contributed by atoms with Crippen LogP contribution in [0, 0.1) is 13.8 Å². The lowest BCUT2D eigenvalue weighted by atomic mass is 10.1. The van der Waals surface area contributed by atoms with E-state index in [-0.39, 0.29) is 11.7 Å². The molecule has 0 aliphatic carbocycles. The van der Waals surface area contributed by atoms with E-state index in [1.165, 1.54) is 18.3 Å². The van der Waals surface area contributed by atoms with E-state index in [9.17, 15) is 9.59 Å². The molecule has 19 heavy (non-hydrogen) atoms. The topological polar surface area (TPSA) is 46.2 Å². The van der Waals surface area contributed by atoms with Gasteiger partial charge < -0.3 is 5.32 Å². The van der Waals surface area contributed by atoms with E-state index in [1.807, 2.05) is 32.0 Å². The van der Waals surface area contributed by atoms with Crippen molar-refractivity contribution in [3.63, 3.8) is 0 Å². The van der Waals surface area contributed by atoms with Gasteiger partial charge in [-0.3, -0.25) is 9.59 Å². The Hall–Kier alpha value is -1.94. The molecule has 2 rings (SSSR count). The second kappa shape index (κ2) is 5.36. The van der Waals surface area contributed by atoms with Crippen LogP contribution in [0.25, 0.3) is 0 Å².